The lowest BCUT2D eigenvalue weighted by Gasteiger charge is -2.27. The summed E-state index contributed by atoms with van der Waals surface area (Å²) < 4.78 is 85.3. The second-order valence-corrected chi connectivity index (χ2v) is 10.4. The van der Waals surface area contributed by atoms with E-state index in [9.17, 15) is 35.6 Å². The molecule has 1 saturated carbocycles. The molecule has 0 aromatic heterocycles. The Kier molecular flexibility index (Phi) is 7.02. The summed E-state index contributed by atoms with van der Waals surface area (Å²) >= 11 is 0. The van der Waals surface area contributed by atoms with Gasteiger partial charge in [0.05, 0.1) is 35.1 Å². The monoisotopic (exact) mass is 553 g/mol. The summed E-state index contributed by atoms with van der Waals surface area (Å²) in [4.78, 5) is 26.7. The Morgan fingerprint density at radius 1 is 1.24 bits per heavy atom. The molecule has 14 heteroatoms. The molecule has 9 nitrogen and oxygen atoms in total. The predicted molar refractivity (Wildman–Crippen MR) is 126 cm³/mol. The second-order valence-electron chi connectivity index (χ2n) is 8.77. The van der Waals surface area contributed by atoms with Crippen LogP contribution in [0.3, 0.4) is 0 Å². The molecule has 1 N–H and O–H groups in total. The highest BCUT2D eigenvalue weighted by Crippen LogP contribution is 2.39. The smallest absolute Gasteiger partial charge is 0.355 e. The van der Waals surface area contributed by atoms with Crippen LogP contribution < -0.4 is 10.2 Å². The largest absolute Gasteiger partial charge is 0.504 e. The van der Waals surface area contributed by atoms with Crippen LogP contribution in [0.1, 0.15) is 40.7 Å². The molecule has 2 aromatic rings. The van der Waals surface area contributed by atoms with E-state index < -0.39 is 57.3 Å². The van der Waals surface area contributed by atoms with Crippen LogP contribution in [-0.2, 0) is 20.5 Å². The third kappa shape index (κ3) is 5.11. The van der Waals surface area contributed by atoms with Crippen molar-refractivity contribution in [2.45, 2.75) is 37.6 Å². The summed E-state index contributed by atoms with van der Waals surface area (Å²) in [5.74, 6) is -1.64. The lowest BCUT2D eigenvalue weighted by molar-refractivity contribution is -0.326. The van der Waals surface area contributed by atoms with Crippen molar-refractivity contribution >= 4 is 39.1 Å². The molecule has 2 aromatic carbocycles. The zero-order valence-electron chi connectivity index (χ0n) is 20.0. The topological polar surface area (TPSA) is 120 Å². The van der Waals surface area contributed by atoms with Crippen molar-refractivity contribution in [1.29, 1.82) is 5.26 Å². The van der Waals surface area contributed by atoms with E-state index >= 15 is 0 Å². The number of benzene rings is 2. The number of rotatable bonds is 5. The van der Waals surface area contributed by atoms with Gasteiger partial charge in [-0.05, 0) is 36.8 Å². The van der Waals surface area contributed by atoms with Crippen LogP contribution in [0.25, 0.3) is 0 Å². The maximum absolute atomic E-state index is 14.8. The number of nitriles is 1. The predicted octanol–water partition coefficient (Wildman–Crippen LogP) is 3.70. The Bertz CT molecular complexity index is 1510. The van der Waals surface area contributed by atoms with Gasteiger partial charge in [-0.2, -0.15) is 41.1 Å². The minimum atomic E-state index is -4.87. The first-order valence-electron chi connectivity index (χ1n) is 11.3. The average Bonchev–Trinajstić information content (AvgIpc) is 3.12. The first kappa shape index (κ1) is 27.2. The van der Waals surface area contributed by atoms with Gasteiger partial charge in [0.1, 0.15) is 22.9 Å². The van der Waals surface area contributed by atoms with E-state index in [4.69, 9.17) is 9.44 Å². The van der Waals surface area contributed by atoms with Gasteiger partial charge in [-0.1, -0.05) is 0 Å². The van der Waals surface area contributed by atoms with Crippen molar-refractivity contribution in [3.05, 3.63) is 58.9 Å². The summed E-state index contributed by atoms with van der Waals surface area (Å²) in [5, 5.41) is 11.4. The molecule has 0 radical (unpaired) electrons. The van der Waals surface area contributed by atoms with Gasteiger partial charge in [-0.3, -0.25) is 8.98 Å². The first-order chi connectivity index (χ1) is 17.7. The number of carbonyl (C=O) groups excluding carboxylic acids is 2. The molecule has 38 heavy (non-hydrogen) atoms. The molecule has 4 rings (SSSR count). The molecule has 1 aliphatic heterocycles. The Labute approximate surface area is 215 Å². The van der Waals surface area contributed by atoms with Crippen LogP contribution >= 0.6 is 0 Å². The molecule has 1 aliphatic carbocycles. The molecule has 0 spiro atoms. The van der Waals surface area contributed by atoms with Crippen molar-refractivity contribution in [3.63, 3.8) is 0 Å². The lowest BCUT2D eigenvalue weighted by Crippen LogP contribution is -2.44. The van der Waals surface area contributed by atoms with Gasteiger partial charge in [0.25, 0.3) is 16.0 Å². The number of hydrogen-bond acceptors (Lipinski definition) is 6. The van der Waals surface area contributed by atoms with Crippen LogP contribution in [0, 0.1) is 17.1 Å². The van der Waals surface area contributed by atoms with E-state index in [1.54, 1.807) is 0 Å². The molecule has 0 bridgehead atoms. The molecule has 3 amide bonds. The Hall–Kier alpha value is -3.83. The highest BCUT2D eigenvalue weighted by atomic mass is 32.2. The normalized spacial score (nSPS) is 19.8. The number of nitrogens with one attached hydrogen (secondary N) is 1. The molecule has 2 atom stereocenters. The third-order valence-corrected chi connectivity index (χ3v) is 6.91. The minimum Gasteiger partial charge on any atom is -0.355 e. The fourth-order valence-electron chi connectivity index (χ4n) is 4.73. The number of carbonyl (C=O) groups is 2. The van der Waals surface area contributed by atoms with Crippen molar-refractivity contribution in [1.82, 2.24) is 5.32 Å². The number of fused-ring (bicyclic) bond motifs is 1. The molecule has 200 valence electrons. The summed E-state index contributed by atoms with van der Waals surface area (Å²) in [6.07, 6.45) is -4.62. The van der Waals surface area contributed by atoms with E-state index in [0.29, 0.717) is 11.8 Å². The van der Waals surface area contributed by atoms with E-state index in [-0.39, 0.29) is 36.2 Å². The Morgan fingerprint density at radius 2 is 1.95 bits per heavy atom. The third-order valence-electron chi connectivity index (χ3n) is 6.29. The van der Waals surface area contributed by atoms with Gasteiger partial charge in [-0.15, -0.1) is 0 Å². The standard InChI is InChI=1S/C24H20F4N4O5S/c1-30-22(33)17-7-5-15(10-19(17)25)32-21-11-16(37-38(2,35)36)6-8-20(21)31(23(32)34)14-4-3-13(12-29)18(9-14)24(26,27)28/h3-5,7,9-10,16,21H,6,8,11H2,1-2H3/p+1/t16?,21-/m1/s1. The van der Waals surface area contributed by atoms with Gasteiger partial charge in [-0.25, -0.2) is 4.39 Å². The molecule has 1 fully saturated rings. The minimum absolute atomic E-state index is 0.00912. The van der Waals surface area contributed by atoms with E-state index in [0.717, 1.165) is 33.9 Å². The maximum Gasteiger partial charge on any atom is 0.504 e. The van der Waals surface area contributed by atoms with E-state index in [1.807, 2.05) is 0 Å². The summed E-state index contributed by atoms with van der Waals surface area (Å²) in [7, 11) is -2.54. The number of urea groups is 1. The quantitative estimate of drug-likeness (QED) is 0.343. The number of hydrogen-bond donors (Lipinski definition) is 1. The van der Waals surface area contributed by atoms with Crippen LogP contribution in [0.4, 0.5) is 33.7 Å². The summed E-state index contributed by atoms with van der Waals surface area (Å²) in [6.45, 7) is 0. The number of amides is 3. The highest BCUT2D eigenvalue weighted by molar-refractivity contribution is 7.86. The maximum atomic E-state index is 14.8. The fraction of sp³-hybridized carbons (Fsp3) is 0.333. The van der Waals surface area contributed by atoms with Crippen LogP contribution in [0.15, 0.2) is 36.4 Å². The van der Waals surface area contributed by atoms with Gasteiger partial charge in [0.2, 0.25) is 0 Å². The molecular weight excluding hydrogens is 532 g/mol. The number of halogens is 4. The Balaban J connectivity index is 1.84. The van der Waals surface area contributed by atoms with E-state index in [2.05, 4.69) is 5.32 Å². The number of alkyl halides is 3. The number of nitrogens with zero attached hydrogens (tertiary/aromatic N) is 3. The summed E-state index contributed by atoms with van der Waals surface area (Å²) in [6, 6.07) is 6.08. The van der Waals surface area contributed by atoms with Crippen molar-refractivity contribution in [2.24, 2.45) is 0 Å². The zero-order valence-corrected chi connectivity index (χ0v) is 20.9. The Morgan fingerprint density at radius 3 is 2.53 bits per heavy atom. The van der Waals surface area contributed by atoms with E-state index in [1.165, 1.54) is 25.2 Å². The molecule has 0 saturated heterocycles. The van der Waals surface area contributed by atoms with Crippen LogP contribution in [0.2, 0.25) is 0 Å². The number of anilines is 1. The SMILES string of the molecule is CNC(=O)c1ccc(N2C(=O)[N+](c3ccc(C#N)c(C(F)(F)F)c3)=C3CCC(OS(C)(=O)=O)C[C@H]32)cc1F. The van der Waals surface area contributed by atoms with Crippen LogP contribution in [0.5, 0.6) is 0 Å². The van der Waals surface area contributed by atoms with Crippen molar-refractivity contribution in [3.8, 4) is 6.07 Å². The van der Waals surface area contributed by atoms with Gasteiger partial charge < -0.3 is 5.32 Å². The lowest BCUT2D eigenvalue weighted by atomic mass is 9.90. The summed E-state index contributed by atoms with van der Waals surface area (Å²) in [5.41, 5.74) is -1.92. The molecular formula is C24H21F4N4O5S+. The van der Waals surface area contributed by atoms with Gasteiger partial charge >= 0.3 is 12.2 Å². The first-order valence-corrected chi connectivity index (χ1v) is 13.1. The molecule has 1 unspecified atom stereocenters. The second kappa shape index (κ2) is 9.80. The van der Waals surface area contributed by atoms with Gasteiger partial charge in [0.15, 0.2) is 6.04 Å². The average molecular weight is 554 g/mol. The van der Waals surface area contributed by atoms with Crippen molar-refractivity contribution < 1.29 is 44.3 Å². The zero-order chi connectivity index (χ0) is 28.0. The molecule has 2 aliphatic rings. The fourth-order valence-corrected chi connectivity index (χ4v) is 5.40. The van der Waals surface area contributed by atoms with Crippen molar-refractivity contribution in [2.75, 3.05) is 18.2 Å². The van der Waals surface area contributed by atoms with Gasteiger partial charge in [0, 0.05) is 26.0 Å². The highest BCUT2D eigenvalue weighted by Gasteiger charge is 2.52. The molecule has 1 heterocycles. The van der Waals surface area contributed by atoms with Crippen LogP contribution in [-0.4, -0.2) is 56.1 Å².